The number of aryl methyl sites for hydroxylation is 1. The Labute approximate surface area is 177 Å². The van der Waals surface area contributed by atoms with Crippen LogP contribution < -0.4 is 4.90 Å². The Morgan fingerprint density at radius 3 is 2.47 bits per heavy atom. The van der Waals surface area contributed by atoms with E-state index in [1.807, 2.05) is 0 Å². The van der Waals surface area contributed by atoms with Gasteiger partial charge in [0.15, 0.2) is 5.82 Å². The molecule has 1 aliphatic rings. The van der Waals surface area contributed by atoms with Crippen LogP contribution in [0.2, 0.25) is 0 Å². The summed E-state index contributed by atoms with van der Waals surface area (Å²) in [5.41, 5.74) is 1.76. The molecule has 0 saturated carbocycles. The second-order valence-corrected chi connectivity index (χ2v) is 7.05. The SMILES string of the molecule is Cn1cc(-c2cc(F)nc(F)c2)c(N2Cc3ccc(-c4nnc(C(F)F)o4)cc3C2=O)n1. The number of hydrogen-bond acceptors (Lipinski definition) is 6. The molecule has 8 nitrogen and oxygen atoms in total. The number of halogens is 4. The molecule has 1 amide bonds. The number of alkyl halides is 2. The lowest BCUT2D eigenvalue weighted by atomic mass is 10.1. The number of amides is 1. The van der Waals surface area contributed by atoms with E-state index in [0.29, 0.717) is 22.3 Å². The van der Waals surface area contributed by atoms with Gasteiger partial charge in [-0.05, 0) is 23.3 Å². The van der Waals surface area contributed by atoms with Crippen LogP contribution in [0.25, 0.3) is 22.6 Å². The lowest BCUT2D eigenvalue weighted by Crippen LogP contribution is -2.24. The fourth-order valence-corrected chi connectivity index (χ4v) is 3.54. The first kappa shape index (κ1) is 19.8. The highest BCUT2D eigenvalue weighted by Crippen LogP contribution is 2.36. The predicted octanol–water partition coefficient (Wildman–Crippen LogP) is 3.91. The summed E-state index contributed by atoms with van der Waals surface area (Å²) in [7, 11) is 1.61. The first-order valence-electron chi connectivity index (χ1n) is 9.24. The topological polar surface area (TPSA) is 89.9 Å². The van der Waals surface area contributed by atoms with Crippen molar-refractivity contribution < 1.29 is 26.8 Å². The Morgan fingerprint density at radius 2 is 1.78 bits per heavy atom. The average molecular weight is 444 g/mol. The number of hydrogen-bond donors (Lipinski definition) is 0. The lowest BCUT2D eigenvalue weighted by Gasteiger charge is -2.14. The molecule has 0 aliphatic carbocycles. The van der Waals surface area contributed by atoms with Gasteiger partial charge < -0.3 is 4.42 Å². The van der Waals surface area contributed by atoms with Gasteiger partial charge in [0, 0.05) is 42.1 Å². The largest absolute Gasteiger partial charge is 0.415 e. The third-order valence-corrected chi connectivity index (χ3v) is 4.93. The first-order chi connectivity index (χ1) is 15.3. The van der Waals surface area contributed by atoms with Crippen molar-refractivity contribution in [3.8, 4) is 22.6 Å². The third kappa shape index (κ3) is 3.29. The van der Waals surface area contributed by atoms with Gasteiger partial charge in [-0.1, -0.05) is 6.07 Å². The van der Waals surface area contributed by atoms with Crippen molar-refractivity contribution >= 4 is 11.7 Å². The maximum absolute atomic E-state index is 13.7. The van der Waals surface area contributed by atoms with E-state index < -0.39 is 30.1 Å². The zero-order valence-electron chi connectivity index (χ0n) is 16.3. The average Bonchev–Trinajstić information content (AvgIpc) is 3.44. The first-order valence-corrected chi connectivity index (χ1v) is 9.24. The minimum atomic E-state index is -2.91. The van der Waals surface area contributed by atoms with Crippen molar-refractivity contribution in [1.82, 2.24) is 25.0 Å². The molecule has 0 N–H and O–H groups in total. The predicted molar refractivity (Wildman–Crippen MR) is 102 cm³/mol. The summed E-state index contributed by atoms with van der Waals surface area (Å²) in [5.74, 6) is -3.18. The zero-order chi connectivity index (χ0) is 22.6. The van der Waals surface area contributed by atoms with Crippen LogP contribution in [0.1, 0.15) is 28.2 Å². The van der Waals surface area contributed by atoms with Crippen LogP contribution in [-0.2, 0) is 13.6 Å². The number of anilines is 1. The van der Waals surface area contributed by atoms with Crippen LogP contribution in [0.5, 0.6) is 0 Å². The second kappa shape index (κ2) is 7.25. The Morgan fingerprint density at radius 1 is 1.03 bits per heavy atom. The van der Waals surface area contributed by atoms with E-state index in [-0.39, 0.29) is 23.8 Å². The van der Waals surface area contributed by atoms with Gasteiger partial charge in [-0.25, -0.2) is 0 Å². The van der Waals surface area contributed by atoms with Crippen LogP contribution in [-0.4, -0.2) is 30.9 Å². The Kier molecular flexibility index (Phi) is 4.50. The standard InChI is InChI=1S/C20H12F4N6O2/c1-29-8-13(11-5-14(21)25-15(22)6-11)17(28-29)30-7-10-3-2-9(4-12(10)20(30)31)18-26-27-19(32-18)16(23)24/h2-6,8,16H,7H2,1H3. The molecule has 1 aliphatic heterocycles. The lowest BCUT2D eigenvalue weighted by molar-refractivity contribution is 0.0995. The van der Waals surface area contributed by atoms with Crippen molar-refractivity contribution in [2.24, 2.45) is 7.05 Å². The molecule has 0 bridgehead atoms. The molecule has 3 aromatic heterocycles. The molecule has 5 rings (SSSR count). The molecule has 0 unspecified atom stereocenters. The smallest absolute Gasteiger partial charge is 0.314 e. The van der Waals surface area contributed by atoms with Crippen molar-refractivity contribution in [1.29, 1.82) is 0 Å². The molecule has 162 valence electrons. The maximum atomic E-state index is 13.7. The molecule has 0 fully saturated rings. The number of pyridine rings is 1. The van der Waals surface area contributed by atoms with Gasteiger partial charge in [-0.15, -0.1) is 10.2 Å². The quantitative estimate of drug-likeness (QED) is 0.350. The Bertz CT molecular complexity index is 1350. The number of carbonyl (C=O) groups excluding carboxylic acids is 1. The van der Waals surface area contributed by atoms with Gasteiger partial charge in [0.25, 0.3) is 11.8 Å². The Hall–Kier alpha value is -4.09. The number of fused-ring (bicyclic) bond motifs is 1. The van der Waals surface area contributed by atoms with Gasteiger partial charge in [-0.2, -0.15) is 27.6 Å². The summed E-state index contributed by atoms with van der Waals surface area (Å²) < 4.78 is 59.1. The van der Waals surface area contributed by atoms with Gasteiger partial charge in [0.05, 0.1) is 6.54 Å². The van der Waals surface area contributed by atoms with Gasteiger partial charge in [-0.3, -0.25) is 14.4 Å². The van der Waals surface area contributed by atoms with Crippen LogP contribution in [0.3, 0.4) is 0 Å². The molecule has 0 saturated heterocycles. The number of rotatable bonds is 4. The monoisotopic (exact) mass is 444 g/mol. The molecule has 0 atom stereocenters. The number of benzene rings is 1. The summed E-state index contributed by atoms with van der Waals surface area (Å²) in [5, 5.41) is 11.2. The molecule has 1 aromatic carbocycles. The molecule has 0 radical (unpaired) electrons. The highest BCUT2D eigenvalue weighted by molar-refractivity contribution is 6.11. The van der Waals surface area contributed by atoms with E-state index in [9.17, 15) is 22.4 Å². The van der Waals surface area contributed by atoms with E-state index in [2.05, 4.69) is 20.3 Å². The summed E-state index contributed by atoms with van der Waals surface area (Å²) in [6.07, 6.45) is -1.37. The summed E-state index contributed by atoms with van der Waals surface area (Å²) in [4.78, 5) is 17.6. The highest BCUT2D eigenvalue weighted by atomic mass is 19.3. The normalized spacial score (nSPS) is 13.3. The second-order valence-electron chi connectivity index (χ2n) is 7.05. The number of carbonyl (C=O) groups is 1. The van der Waals surface area contributed by atoms with Crippen molar-refractivity contribution in [3.05, 3.63) is 65.4 Å². The highest BCUT2D eigenvalue weighted by Gasteiger charge is 2.33. The van der Waals surface area contributed by atoms with E-state index in [4.69, 9.17) is 4.42 Å². The molecule has 4 heterocycles. The van der Waals surface area contributed by atoms with Crippen LogP contribution in [0.4, 0.5) is 23.4 Å². The summed E-state index contributed by atoms with van der Waals surface area (Å²) in [6, 6.07) is 6.78. The van der Waals surface area contributed by atoms with Crippen LogP contribution in [0.15, 0.2) is 40.9 Å². The number of nitrogens with zero attached hydrogens (tertiary/aromatic N) is 6. The molecule has 0 spiro atoms. The Balaban J connectivity index is 1.52. The van der Waals surface area contributed by atoms with Crippen molar-refractivity contribution in [3.63, 3.8) is 0 Å². The summed E-state index contributed by atoms with van der Waals surface area (Å²) in [6.45, 7) is 0.153. The fourth-order valence-electron chi connectivity index (χ4n) is 3.54. The van der Waals surface area contributed by atoms with Gasteiger partial charge in [0.2, 0.25) is 17.8 Å². The van der Waals surface area contributed by atoms with E-state index >= 15 is 0 Å². The van der Waals surface area contributed by atoms with Crippen LogP contribution >= 0.6 is 0 Å². The molecule has 12 heteroatoms. The van der Waals surface area contributed by atoms with E-state index in [1.54, 1.807) is 19.2 Å². The third-order valence-electron chi connectivity index (χ3n) is 4.93. The minimum Gasteiger partial charge on any atom is -0.415 e. The number of aromatic nitrogens is 5. The zero-order valence-corrected chi connectivity index (χ0v) is 16.3. The molecule has 4 aromatic rings. The van der Waals surface area contributed by atoms with Gasteiger partial charge >= 0.3 is 6.43 Å². The van der Waals surface area contributed by atoms with Crippen molar-refractivity contribution in [2.75, 3.05) is 4.90 Å². The van der Waals surface area contributed by atoms with E-state index in [1.165, 1.54) is 21.8 Å². The van der Waals surface area contributed by atoms with E-state index in [0.717, 1.165) is 12.1 Å². The molecule has 32 heavy (non-hydrogen) atoms. The summed E-state index contributed by atoms with van der Waals surface area (Å²) >= 11 is 0. The van der Waals surface area contributed by atoms with Crippen molar-refractivity contribution in [2.45, 2.75) is 13.0 Å². The van der Waals surface area contributed by atoms with Crippen LogP contribution in [0, 0.1) is 11.9 Å². The van der Waals surface area contributed by atoms with Gasteiger partial charge in [0.1, 0.15) is 0 Å². The maximum Gasteiger partial charge on any atom is 0.314 e. The molecular weight excluding hydrogens is 432 g/mol. The molecular formula is C20H12F4N6O2. The minimum absolute atomic E-state index is 0.143. The fraction of sp³-hybridized carbons (Fsp3) is 0.150.